The van der Waals surface area contributed by atoms with Crippen LogP contribution in [-0.4, -0.2) is 18.4 Å². The Kier molecular flexibility index (Phi) is 4.58. The Hall–Kier alpha value is -2.33. The minimum absolute atomic E-state index is 0.0155. The minimum atomic E-state index is -0.353. The Morgan fingerprint density at radius 3 is 2.54 bits per heavy atom. The van der Waals surface area contributed by atoms with E-state index in [1.54, 1.807) is 29.2 Å². The molecule has 1 saturated heterocycles. The third kappa shape index (κ3) is 3.44. The molecule has 4 nitrogen and oxygen atoms in total. The summed E-state index contributed by atoms with van der Waals surface area (Å²) in [7, 11) is 0. The smallest absolute Gasteiger partial charge is 0.229 e. The molecule has 124 valence electrons. The van der Waals surface area contributed by atoms with Crippen molar-refractivity contribution < 1.29 is 9.59 Å². The van der Waals surface area contributed by atoms with Gasteiger partial charge in [-0.1, -0.05) is 29.3 Å². The predicted molar refractivity (Wildman–Crippen MR) is 96.5 cm³/mol. The molecule has 1 atom stereocenters. The van der Waals surface area contributed by atoms with E-state index in [-0.39, 0.29) is 24.2 Å². The Morgan fingerprint density at radius 2 is 1.88 bits per heavy atom. The van der Waals surface area contributed by atoms with Crippen LogP contribution in [0.1, 0.15) is 17.5 Å². The number of benzene rings is 2. The Morgan fingerprint density at radius 1 is 1.17 bits per heavy atom. The highest BCUT2D eigenvalue weighted by molar-refractivity contribution is 6.30. The van der Waals surface area contributed by atoms with Gasteiger partial charge in [-0.25, -0.2) is 0 Å². The second-order valence-corrected chi connectivity index (χ2v) is 6.63. The van der Waals surface area contributed by atoms with E-state index in [0.29, 0.717) is 17.3 Å². The predicted octanol–water partition coefficient (Wildman–Crippen LogP) is 3.95. The Balaban J connectivity index is 1.72. The molecule has 2 aromatic carbocycles. The normalized spacial score (nSPS) is 17.2. The maximum absolute atomic E-state index is 12.4. The fourth-order valence-corrected chi connectivity index (χ4v) is 3.13. The molecule has 5 heteroatoms. The van der Waals surface area contributed by atoms with Crippen LogP contribution in [0.5, 0.6) is 0 Å². The third-order valence-electron chi connectivity index (χ3n) is 4.25. The number of carbonyl (C=O) groups excluding carboxylic acids is 2. The number of hydrogen-bond donors (Lipinski definition) is 1. The first-order chi connectivity index (χ1) is 11.4. The molecule has 0 radical (unpaired) electrons. The van der Waals surface area contributed by atoms with Gasteiger partial charge in [-0.2, -0.15) is 0 Å². The second kappa shape index (κ2) is 6.65. The lowest BCUT2D eigenvalue weighted by atomic mass is 10.1. The van der Waals surface area contributed by atoms with E-state index in [2.05, 4.69) is 5.32 Å². The van der Waals surface area contributed by atoms with E-state index in [0.717, 1.165) is 16.8 Å². The van der Waals surface area contributed by atoms with Crippen LogP contribution in [0.2, 0.25) is 5.02 Å². The largest absolute Gasteiger partial charge is 0.326 e. The molecule has 0 aromatic heterocycles. The molecule has 2 amide bonds. The molecule has 0 aliphatic carbocycles. The van der Waals surface area contributed by atoms with Gasteiger partial charge in [0.15, 0.2) is 0 Å². The highest BCUT2D eigenvalue weighted by Crippen LogP contribution is 2.29. The van der Waals surface area contributed by atoms with E-state index in [4.69, 9.17) is 11.6 Å². The van der Waals surface area contributed by atoms with Gasteiger partial charge in [-0.3, -0.25) is 9.59 Å². The number of aryl methyl sites for hydroxylation is 2. The first-order valence-electron chi connectivity index (χ1n) is 7.88. The highest BCUT2D eigenvalue weighted by atomic mass is 35.5. The summed E-state index contributed by atoms with van der Waals surface area (Å²) in [6.45, 7) is 4.41. The summed E-state index contributed by atoms with van der Waals surface area (Å²) >= 11 is 5.84. The van der Waals surface area contributed by atoms with Gasteiger partial charge in [0.05, 0.1) is 5.92 Å². The topological polar surface area (TPSA) is 49.4 Å². The first-order valence-corrected chi connectivity index (χ1v) is 8.26. The van der Waals surface area contributed by atoms with E-state index in [1.165, 1.54) is 0 Å². The third-order valence-corrected chi connectivity index (χ3v) is 4.50. The molecule has 0 saturated carbocycles. The van der Waals surface area contributed by atoms with E-state index >= 15 is 0 Å². The van der Waals surface area contributed by atoms with Crippen molar-refractivity contribution in [3.8, 4) is 0 Å². The molecule has 24 heavy (non-hydrogen) atoms. The Labute approximate surface area is 146 Å². The molecule has 1 heterocycles. The lowest BCUT2D eigenvalue weighted by Gasteiger charge is -2.19. The lowest BCUT2D eigenvalue weighted by Crippen LogP contribution is -2.28. The van der Waals surface area contributed by atoms with Crippen LogP contribution in [0.3, 0.4) is 0 Å². The first kappa shape index (κ1) is 16.5. The molecular weight excluding hydrogens is 324 g/mol. The number of carbonyl (C=O) groups is 2. The number of nitrogens with zero attached hydrogens (tertiary/aromatic N) is 1. The highest BCUT2D eigenvalue weighted by Gasteiger charge is 2.35. The molecule has 3 rings (SSSR count). The molecule has 2 aromatic rings. The molecule has 0 bridgehead atoms. The SMILES string of the molecule is Cc1ccc(N2C[C@@H](C(=O)Nc3ccc(Cl)cc3)CC2=O)c(C)c1. The number of nitrogens with one attached hydrogen (secondary N) is 1. The van der Waals surface area contributed by atoms with Gasteiger partial charge in [0, 0.05) is 29.4 Å². The quantitative estimate of drug-likeness (QED) is 0.918. The summed E-state index contributed by atoms with van der Waals surface area (Å²) < 4.78 is 0. The zero-order valence-corrected chi connectivity index (χ0v) is 14.4. The average molecular weight is 343 g/mol. The zero-order valence-electron chi connectivity index (χ0n) is 13.7. The van der Waals surface area contributed by atoms with Crippen LogP contribution >= 0.6 is 11.6 Å². The molecule has 1 N–H and O–H groups in total. The van der Waals surface area contributed by atoms with Crippen molar-refractivity contribution in [2.24, 2.45) is 5.92 Å². The molecule has 1 aliphatic rings. The van der Waals surface area contributed by atoms with Crippen molar-refractivity contribution in [1.29, 1.82) is 0 Å². The molecule has 0 spiro atoms. The fourth-order valence-electron chi connectivity index (χ4n) is 3.00. The summed E-state index contributed by atoms with van der Waals surface area (Å²) in [4.78, 5) is 26.5. The molecular formula is C19H19ClN2O2. The number of hydrogen-bond acceptors (Lipinski definition) is 2. The maximum atomic E-state index is 12.4. The van der Waals surface area contributed by atoms with Gasteiger partial charge in [0.2, 0.25) is 11.8 Å². The van der Waals surface area contributed by atoms with E-state index in [1.807, 2.05) is 32.0 Å². The monoisotopic (exact) mass is 342 g/mol. The van der Waals surface area contributed by atoms with Gasteiger partial charge in [0.25, 0.3) is 0 Å². The van der Waals surface area contributed by atoms with Crippen molar-refractivity contribution in [2.45, 2.75) is 20.3 Å². The average Bonchev–Trinajstić information content (AvgIpc) is 2.91. The van der Waals surface area contributed by atoms with Crippen molar-refractivity contribution in [1.82, 2.24) is 0 Å². The molecule has 0 unspecified atom stereocenters. The van der Waals surface area contributed by atoms with Gasteiger partial charge in [-0.15, -0.1) is 0 Å². The van der Waals surface area contributed by atoms with E-state index in [9.17, 15) is 9.59 Å². The van der Waals surface area contributed by atoms with Gasteiger partial charge in [0.1, 0.15) is 0 Å². The summed E-state index contributed by atoms with van der Waals surface area (Å²) in [5, 5.41) is 3.47. The standard InChI is InChI=1S/C19H19ClN2O2/c1-12-3-8-17(13(2)9-12)22-11-14(10-18(22)23)19(24)21-16-6-4-15(20)5-7-16/h3-9,14H,10-11H2,1-2H3,(H,21,24)/t14-/m0/s1. The van der Waals surface area contributed by atoms with Crippen molar-refractivity contribution in [3.05, 3.63) is 58.6 Å². The van der Waals surface area contributed by atoms with Crippen molar-refractivity contribution in [3.63, 3.8) is 0 Å². The van der Waals surface area contributed by atoms with Crippen molar-refractivity contribution >= 4 is 34.8 Å². The summed E-state index contributed by atoms with van der Waals surface area (Å²) in [5.41, 5.74) is 3.76. The van der Waals surface area contributed by atoms with Crippen molar-refractivity contribution in [2.75, 3.05) is 16.8 Å². The second-order valence-electron chi connectivity index (χ2n) is 6.19. The fraction of sp³-hybridized carbons (Fsp3) is 0.263. The van der Waals surface area contributed by atoms with Crippen LogP contribution in [0.4, 0.5) is 11.4 Å². The van der Waals surface area contributed by atoms with Crippen LogP contribution < -0.4 is 10.2 Å². The summed E-state index contributed by atoms with van der Waals surface area (Å²) in [5.74, 6) is -0.509. The number of rotatable bonds is 3. The van der Waals surface area contributed by atoms with Crippen LogP contribution in [0.15, 0.2) is 42.5 Å². The molecule has 1 aliphatic heterocycles. The number of anilines is 2. The minimum Gasteiger partial charge on any atom is -0.326 e. The van der Waals surface area contributed by atoms with Gasteiger partial charge < -0.3 is 10.2 Å². The maximum Gasteiger partial charge on any atom is 0.229 e. The number of amides is 2. The summed E-state index contributed by atoms with van der Waals surface area (Å²) in [6.07, 6.45) is 0.229. The van der Waals surface area contributed by atoms with Gasteiger partial charge >= 0.3 is 0 Å². The van der Waals surface area contributed by atoms with Crippen LogP contribution in [0.25, 0.3) is 0 Å². The van der Waals surface area contributed by atoms with Gasteiger partial charge in [-0.05, 0) is 49.7 Å². The number of halogens is 1. The van der Waals surface area contributed by atoms with E-state index < -0.39 is 0 Å². The lowest BCUT2D eigenvalue weighted by molar-refractivity contribution is -0.122. The Bertz CT molecular complexity index is 786. The summed E-state index contributed by atoms with van der Waals surface area (Å²) in [6, 6.07) is 12.9. The molecule has 1 fully saturated rings. The van der Waals surface area contributed by atoms with Crippen LogP contribution in [0, 0.1) is 19.8 Å². The van der Waals surface area contributed by atoms with Crippen LogP contribution in [-0.2, 0) is 9.59 Å². The zero-order chi connectivity index (χ0) is 17.3.